The Kier molecular flexibility index (Phi) is 2.51. The van der Waals surface area contributed by atoms with E-state index in [1.54, 1.807) is 7.11 Å². The quantitative estimate of drug-likeness (QED) is 0.808. The minimum absolute atomic E-state index is 0.252. The van der Waals surface area contributed by atoms with Crippen LogP contribution in [0.4, 0.5) is 5.69 Å². The van der Waals surface area contributed by atoms with Crippen LogP contribution in [0.25, 0.3) is 0 Å². The summed E-state index contributed by atoms with van der Waals surface area (Å²) in [6, 6.07) is 6.34. The molecule has 1 N–H and O–H groups in total. The van der Waals surface area contributed by atoms with Gasteiger partial charge in [0.2, 0.25) is 0 Å². The Labute approximate surface area is 102 Å². The summed E-state index contributed by atoms with van der Waals surface area (Å²) in [7, 11) is 1.73. The molecular formula is C14H19NO2. The van der Waals surface area contributed by atoms with Crippen molar-refractivity contribution in [2.75, 3.05) is 25.6 Å². The van der Waals surface area contributed by atoms with Gasteiger partial charge in [0, 0.05) is 24.3 Å². The number of benzene rings is 1. The molecule has 0 amide bonds. The highest BCUT2D eigenvalue weighted by atomic mass is 16.5. The second kappa shape index (κ2) is 3.91. The molecule has 0 aromatic heterocycles. The summed E-state index contributed by atoms with van der Waals surface area (Å²) in [6.45, 7) is 4.06. The highest BCUT2D eigenvalue weighted by Crippen LogP contribution is 2.46. The van der Waals surface area contributed by atoms with Gasteiger partial charge in [-0.05, 0) is 43.5 Å². The van der Waals surface area contributed by atoms with Crippen LogP contribution in [0.1, 0.15) is 25.3 Å². The predicted octanol–water partition coefficient (Wildman–Crippen LogP) is 2.56. The van der Waals surface area contributed by atoms with E-state index in [-0.39, 0.29) is 5.41 Å². The molecule has 1 saturated heterocycles. The van der Waals surface area contributed by atoms with E-state index in [4.69, 9.17) is 9.47 Å². The van der Waals surface area contributed by atoms with Gasteiger partial charge in [-0.25, -0.2) is 0 Å². The maximum Gasteiger partial charge on any atom is 0.119 e. The molecule has 1 spiro atoms. The molecule has 1 aromatic carbocycles. The summed E-state index contributed by atoms with van der Waals surface area (Å²) >= 11 is 0. The Morgan fingerprint density at radius 2 is 2.35 bits per heavy atom. The van der Waals surface area contributed by atoms with E-state index < -0.39 is 0 Å². The van der Waals surface area contributed by atoms with Crippen LogP contribution in [0, 0.1) is 0 Å². The van der Waals surface area contributed by atoms with Gasteiger partial charge in [0.1, 0.15) is 5.75 Å². The van der Waals surface area contributed by atoms with Gasteiger partial charge in [0.15, 0.2) is 0 Å². The maximum atomic E-state index is 5.68. The van der Waals surface area contributed by atoms with Crippen LogP contribution in [0.2, 0.25) is 0 Å². The van der Waals surface area contributed by atoms with E-state index in [0.717, 1.165) is 31.7 Å². The number of methoxy groups -OCH3 is 1. The standard InChI is InChI=1S/C14H19NO2/c1-10-8-14(5-6-17-10)9-15-13-4-3-11(16-2)7-12(13)14/h3-4,7,10,15H,5-6,8-9H2,1-2H3. The van der Waals surface area contributed by atoms with Crippen molar-refractivity contribution in [2.45, 2.75) is 31.3 Å². The molecule has 2 unspecified atom stereocenters. The number of rotatable bonds is 1. The Bertz CT molecular complexity index is 428. The Morgan fingerprint density at radius 3 is 3.12 bits per heavy atom. The first-order chi connectivity index (χ1) is 8.23. The molecule has 0 bridgehead atoms. The van der Waals surface area contributed by atoms with Crippen molar-refractivity contribution in [3.8, 4) is 5.75 Å². The van der Waals surface area contributed by atoms with Gasteiger partial charge in [0.05, 0.1) is 13.2 Å². The highest BCUT2D eigenvalue weighted by molar-refractivity contribution is 5.62. The van der Waals surface area contributed by atoms with Gasteiger partial charge in [0.25, 0.3) is 0 Å². The van der Waals surface area contributed by atoms with Crippen molar-refractivity contribution in [1.29, 1.82) is 0 Å². The molecule has 3 nitrogen and oxygen atoms in total. The monoisotopic (exact) mass is 233 g/mol. The topological polar surface area (TPSA) is 30.5 Å². The third-order valence-corrected chi connectivity index (χ3v) is 4.08. The molecule has 2 atom stereocenters. The molecule has 1 fully saturated rings. The van der Waals surface area contributed by atoms with Crippen molar-refractivity contribution >= 4 is 5.69 Å². The van der Waals surface area contributed by atoms with Crippen LogP contribution in [0.5, 0.6) is 5.75 Å². The van der Waals surface area contributed by atoms with E-state index in [1.165, 1.54) is 11.3 Å². The molecule has 0 saturated carbocycles. The van der Waals surface area contributed by atoms with Gasteiger partial charge in [-0.3, -0.25) is 0 Å². The average Bonchev–Trinajstić information content (AvgIpc) is 2.68. The SMILES string of the molecule is COc1ccc2c(c1)C1(CCOC(C)C1)CN2. The molecule has 2 aliphatic rings. The van der Waals surface area contributed by atoms with E-state index in [1.807, 2.05) is 6.07 Å². The van der Waals surface area contributed by atoms with Crippen LogP contribution < -0.4 is 10.1 Å². The second-order valence-corrected chi connectivity index (χ2v) is 5.18. The molecule has 2 aliphatic heterocycles. The summed E-state index contributed by atoms with van der Waals surface area (Å²) < 4.78 is 11.0. The zero-order valence-electron chi connectivity index (χ0n) is 10.5. The van der Waals surface area contributed by atoms with Crippen molar-refractivity contribution in [3.05, 3.63) is 23.8 Å². The van der Waals surface area contributed by atoms with Crippen LogP contribution in [-0.2, 0) is 10.2 Å². The molecule has 1 aromatic rings. The fraction of sp³-hybridized carbons (Fsp3) is 0.571. The predicted molar refractivity (Wildman–Crippen MR) is 67.8 cm³/mol. The van der Waals surface area contributed by atoms with Gasteiger partial charge in [-0.2, -0.15) is 0 Å². The minimum Gasteiger partial charge on any atom is -0.497 e. The Balaban J connectivity index is 2.01. The first kappa shape index (κ1) is 10.9. The Hall–Kier alpha value is -1.22. The maximum absolute atomic E-state index is 5.68. The Morgan fingerprint density at radius 1 is 1.47 bits per heavy atom. The number of anilines is 1. The molecule has 92 valence electrons. The zero-order valence-corrected chi connectivity index (χ0v) is 10.5. The largest absolute Gasteiger partial charge is 0.497 e. The van der Waals surface area contributed by atoms with Crippen molar-refractivity contribution in [3.63, 3.8) is 0 Å². The summed E-state index contributed by atoms with van der Waals surface area (Å²) in [4.78, 5) is 0. The lowest BCUT2D eigenvalue weighted by molar-refractivity contribution is -0.00531. The van der Waals surface area contributed by atoms with Crippen molar-refractivity contribution < 1.29 is 9.47 Å². The van der Waals surface area contributed by atoms with Gasteiger partial charge in [-0.15, -0.1) is 0 Å². The fourth-order valence-electron chi connectivity index (χ4n) is 3.17. The third kappa shape index (κ3) is 1.69. The highest BCUT2D eigenvalue weighted by Gasteiger charge is 2.42. The summed E-state index contributed by atoms with van der Waals surface area (Å²) in [5, 5.41) is 3.52. The van der Waals surface area contributed by atoms with Gasteiger partial charge in [-0.1, -0.05) is 0 Å². The number of ether oxygens (including phenoxy) is 2. The molecule has 3 heteroatoms. The number of hydrogen-bond donors (Lipinski definition) is 1. The second-order valence-electron chi connectivity index (χ2n) is 5.18. The number of hydrogen-bond acceptors (Lipinski definition) is 3. The van der Waals surface area contributed by atoms with Crippen LogP contribution in [-0.4, -0.2) is 26.4 Å². The molecular weight excluding hydrogens is 214 g/mol. The fourth-order valence-corrected chi connectivity index (χ4v) is 3.17. The molecule has 0 aliphatic carbocycles. The normalized spacial score (nSPS) is 31.1. The lowest BCUT2D eigenvalue weighted by atomic mass is 9.74. The van der Waals surface area contributed by atoms with Crippen LogP contribution in [0.3, 0.4) is 0 Å². The lowest BCUT2D eigenvalue weighted by Gasteiger charge is -2.37. The van der Waals surface area contributed by atoms with Crippen LogP contribution in [0.15, 0.2) is 18.2 Å². The van der Waals surface area contributed by atoms with Crippen molar-refractivity contribution in [1.82, 2.24) is 0 Å². The summed E-state index contributed by atoms with van der Waals surface area (Å²) in [5.74, 6) is 0.950. The first-order valence-corrected chi connectivity index (χ1v) is 6.27. The number of fused-ring (bicyclic) bond motifs is 2. The van der Waals surface area contributed by atoms with E-state index in [0.29, 0.717) is 6.10 Å². The molecule has 0 radical (unpaired) electrons. The molecule has 2 heterocycles. The smallest absolute Gasteiger partial charge is 0.119 e. The van der Waals surface area contributed by atoms with Crippen molar-refractivity contribution in [2.24, 2.45) is 0 Å². The molecule has 3 rings (SSSR count). The first-order valence-electron chi connectivity index (χ1n) is 6.27. The average molecular weight is 233 g/mol. The summed E-state index contributed by atoms with van der Waals surface area (Å²) in [5.41, 5.74) is 2.92. The zero-order chi connectivity index (χ0) is 11.9. The van der Waals surface area contributed by atoms with Crippen LogP contribution >= 0.6 is 0 Å². The van der Waals surface area contributed by atoms with Gasteiger partial charge < -0.3 is 14.8 Å². The third-order valence-electron chi connectivity index (χ3n) is 4.08. The molecule has 17 heavy (non-hydrogen) atoms. The van der Waals surface area contributed by atoms with E-state index in [9.17, 15) is 0 Å². The minimum atomic E-state index is 0.252. The van der Waals surface area contributed by atoms with Gasteiger partial charge >= 0.3 is 0 Å². The summed E-state index contributed by atoms with van der Waals surface area (Å²) in [6.07, 6.45) is 2.55. The van der Waals surface area contributed by atoms with E-state index in [2.05, 4.69) is 24.4 Å². The lowest BCUT2D eigenvalue weighted by Crippen LogP contribution is -2.39. The number of nitrogens with one attached hydrogen (secondary N) is 1. The van der Waals surface area contributed by atoms with E-state index >= 15 is 0 Å².